The highest BCUT2D eigenvalue weighted by molar-refractivity contribution is 6.33. The maximum atomic E-state index is 13.0. The Bertz CT molecular complexity index is 551. The van der Waals surface area contributed by atoms with Crippen molar-refractivity contribution in [3.8, 4) is 0 Å². The van der Waals surface area contributed by atoms with Crippen LogP contribution in [0.4, 0.5) is 4.39 Å². The molecule has 108 valence electrons. The van der Waals surface area contributed by atoms with Crippen LogP contribution in [0.25, 0.3) is 0 Å². The molecule has 1 aliphatic rings. The molecule has 0 aliphatic carbocycles. The van der Waals surface area contributed by atoms with Crippen molar-refractivity contribution in [2.45, 2.75) is 6.04 Å². The number of halogens is 2. The van der Waals surface area contributed by atoms with Gasteiger partial charge in [0.15, 0.2) is 0 Å². The van der Waals surface area contributed by atoms with Gasteiger partial charge < -0.3 is 14.7 Å². The quantitative estimate of drug-likeness (QED) is 0.922. The molecule has 1 aliphatic heterocycles. The third-order valence-electron chi connectivity index (χ3n) is 3.35. The Labute approximate surface area is 119 Å². The molecule has 7 heteroatoms. The summed E-state index contributed by atoms with van der Waals surface area (Å²) in [6, 6.07) is 2.89. The highest BCUT2D eigenvalue weighted by atomic mass is 35.5. The van der Waals surface area contributed by atoms with Crippen molar-refractivity contribution in [3.05, 3.63) is 34.6 Å². The van der Waals surface area contributed by atoms with Gasteiger partial charge >= 0.3 is 5.97 Å². The van der Waals surface area contributed by atoms with Gasteiger partial charge in [-0.1, -0.05) is 11.6 Å². The van der Waals surface area contributed by atoms with Crippen molar-refractivity contribution >= 4 is 23.5 Å². The predicted molar refractivity (Wildman–Crippen MR) is 69.2 cm³/mol. The van der Waals surface area contributed by atoms with E-state index < -0.39 is 29.7 Å². The van der Waals surface area contributed by atoms with Crippen molar-refractivity contribution in [2.75, 3.05) is 20.3 Å². The molecule has 2 atom stereocenters. The Kier molecular flexibility index (Phi) is 4.25. The normalized spacial score (nSPS) is 21.8. The molecule has 1 aromatic rings. The van der Waals surface area contributed by atoms with Crippen LogP contribution < -0.4 is 0 Å². The minimum atomic E-state index is -1.02. The first kappa shape index (κ1) is 14.7. The maximum Gasteiger partial charge on any atom is 0.311 e. The van der Waals surface area contributed by atoms with Gasteiger partial charge in [0, 0.05) is 7.05 Å². The summed E-state index contributed by atoms with van der Waals surface area (Å²) in [4.78, 5) is 24.7. The summed E-state index contributed by atoms with van der Waals surface area (Å²) in [6.07, 6.45) is 0. The van der Waals surface area contributed by atoms with Crippen molar-refractivity contribution in [1.82, 2.24) is 4.90 Å². The third kappa shape index (κ3) is 2.76. The van der Waals surface area contributed by atoms with E-state index in [-0.39, 0.29) is 23.8 Å². The Morgan fingerprint density at radius 1 is 1.45 bits per heavy atom. The van der Waals surface area contributed by atoms with Gasteiger partial charge in [0.2, 0.25) is 0 Å². The minimum absolute atomic E-state index is 0.00681. The lowest BCUT2D eigenvalue weighted by molar-refractivity contribution is -0.142. The average molecular weight is 302 g/mol. The molecule has 2 unspecified atom stereocenters. The van der Waals surface area contributed by atoms with E-state index in [1.807, 2.05) is 0 Å². The van der Waals surface area contributed by atoms with E-state index in [0.717, 1.165) is 12.1 Å². The molecule has 1 heterocycles. The number of carboxylic acid groups (broad SMARTS) is 1. The van der Waals surface area contributed by atoms with E-state index in [1.165, 1.54) is 18.0 Å². The highest BCUT2D eigenvalue weighted by Crippen LogP contribution is 2.24. The van der Waals surface area contributed by atoms with Gasteiger partial charge in [-0.2, -0.15) is 0 Å². The van der Waals surface area contributed by atoms with Crippen LogP contribution in [0.5, 0.6) is 0 Å². The molecule has 0 saturated carbocycles. The zero-order valence-electron chi connectivity index (χ0n) is 10.7. The monoisotopic (exact) mass is 301 g/mol. The molecule has 0 radical (unpaired) electrons. The van der Waals surface area contributed by atoms with Crippen molar-refractivity contribution in [3.63, 3.8) is 0 Å². The Morgan fingerprint density at radius 2 is 2.15 bits per heavy atom. The van der Waals surface area contributed by atoms with E-state index in [4.69, 9.17) is 21.4 Å². The minimum Gasteiger partial charge on any atom is -0.481 e. The number of amides is 1. The first-order valence-corrected chi connectivity index (χ1v) is 6.32. The summed E-state index contributed by atoms with van der Waals surface area (Å²) >= 11 is 5.84. The Morgan fingerprint density at radius 3 is 2.75 bits per heavy atom. The zero-order chi connectivity index (χ0) is 14.9. The number of rotatable bonds is 3. The van der Waals surface area contributed by atoms with Crippen LogP contribution in [-0.4, -0.2) is 48.2 Å². The first-order valence-electron chi connectivity index (χ1n) is 5.94. The van der Waals surface area contributed by atoms with Crippen molar-refractivity contribution < 1.29 is 23.8 Å². The fourth-order valence-corrected chi connectivity index (χ4v) is 2.41. The average Bonchev–Trinajstić information content (AvgIpc) is 2.86. The number of hydrogen-bond acceptors (Lipinski definition) is 3. The SMILES string of the molecule is CN(C(=O)c1ccc(F)cc1Cl)C1COCC1C(=O)O. The number of benzene rings is 1. The van der Waals surface area contributed by atoms with Gasteiger partial charge in [0.25, 0.3) is 5.91 Å². The second-order valence-corrected chi connectivity index (χ2v) is 5.00. The molecule has 0 spiro atoms. The maximum absolute atomic E-state index is 13.0. The standard InChI is InChI=1S/C13H13ClFNO4/c1-16(11-6-20-5-9(11)13(18)19)12(17)8-3-2-7(15)4-10(8)14/h2-4,9,11H,5-6H2,1H3,(H,18,19). The van der Waals surface area contributed by atoms with Crippen LogP contribution in [0, 0.1) is 11.7 Å². The lowest BCUT2D eigenvalue weighted by Gasteiger charge is -2.26. The van der Waals surface area contributed by atoms with Gasteiger partial charge in [0.05, 0.1) is 29.8 Å². The summed E-state index contributed by atoms with van der Waals surface area (Å²) in [6.45, 7) is 0.215. The molecule has 1 N–H and O–H groups in total. The topological polar surface area (TPSA) is 66.8 Å². The van der Waals surface area contributed by atoms with E-state index in [9.17, 15) is 14.0 Å². The van der Waals surface area contributed by atoms with Gasteiger partial charge in [-0.3, -0.25) is 9.59 Å². The third-order valence-corrected chi connectivity index (χ3v) is 3.66. The van der Waals surface area contributed by atoms with Crippen LogP contribution in [0.3, 0.4) is 0 Å². The largest absolute Gasteiger partial charge is 0.481 e. The van der Waals surface area contributed by atoms with E-state index in [2.05, 4.69) is 0 Å². The smallest absolute Gasteiger partial charge is 0.311 e. The fourth-order valence-electron chi connectivity index (χ4n) is 2.16. The molecule has 0 aromatic heterocycles. The van der Waals surface area contributed by atoms with E-state index in [1.54, 1.807) is 0 Å². The number of carboxylic acids is 1. The van der Waals surface area contributed by atoms with E-state index in [0.29, 0.717) is 0 Å². The number of likely N-dealkylation sites (N-methyl/N-ethyl adjacent to an activating group) is 1. The molecule has 1 amide bonds. The lowest BCUT2D eigenvalue weighted by atomic mass is 10.0. The number of ether oxygens (including phenoxy) is 1. The zero-order valence-corrected chi connectivity index (χ0v) is 11.4. The molecule has 1 aromatic carbocycles. The van der Waals surface area contributed by atoms with Gasteiger partial charge in [-0.05, 0) is 18.2 Å². The van der Waals surface area contributed by atoms with Gasteiger partial charge in [-0.25, -0.2) is 4.39 Å². The summed E-state index contributed by atoms with van der Waals surface area (Å²) in [5, 5.41) is 9.08. The van der Waals surface area contributed by atoms with Crippen molar-refractivity contribution in [1.29, 1.82) is 0 Å². The second-order valence-electron chi connectivity index (χ2n) is 4.59. The summed E-state index contributed by atoms with van der Waals surface area (Å²) in [5.41, 5.74) is 0.131. The number of nitrogens with zero attached hydrogens (tertiary/aromatic N) is 1. The second kappa shape index (κ2) is 5.76. The summed E-state index contributed by atoms with van der Waals surface area (Å²) in [7, 11) is 1.48. The predicted octanol–water partition coefficient (Wildman–Crippen LogP) is 1.65. The summed E-state index contributed by atoms with van der Waals surface area (Å²) < 4.78 is 18.1. The van der Waals surface area contributed by atoms with Crippen LogP contribution >= 0.6 is 11.6 Å². The van der Waals surface area contributed by atoms with Crippen LogP contribution in [0.2, 0.25) is 5.02 Å². The van der Waals surface area contributed by atoms with E-state index >= 15 is 0 Å². The molecule has 20 heavy (non-hydrogen) atoms. The number of carbonyl (C=O) groups is 2. The molecule has 2 rings (SSSR count). The number of carbonyl (C=O) groups excluding carboxylic acids is 1. The molecular formula is C13H13ClFNO4. The first-order chi connectivity index (χ1) is 9.41. The van der Waals surface area contributed by atoms with Gasteiger partial charge in [-0.15, -0.1) is 0 Å². The Hall–Kier alpha value is -1.66. The molecular weight excluding hydrogens is 289 g/mol. The van der Waals surface area contributed by atoms with Gasteiger partial charge in [0.1, 0.15) is 11.7 Å². The van der Waals surface area contributed by atoms with Crippen LogP contribution in [-0.2, 0) is 9.53 Å². The Balaban J connectivity index is 2.22. The molecule has 5 nitrogen and oxygen atoms in total. The number of hydrogen-bond donors (Lipinski definition) is 1. The lowest BCUT2D eigenvalue weighted by Crippen LogP contribution is -2.44. The number of aliphatic carboxylic acids is 1. The van der Waals surface area contributed by atoms with Crippen molar-refractivity contribution in [2.24, 2.45) is 5.92 Å². The highest BCUT2D eigenvalue weighted by Gasteiger charge is 2.38. The summed E-state index contributed by atoms with van der Waals surface area (Å²) in [5.74, 6) is -2.79. The van der Waals surface area contributed by atoms with Crippen LogP contribution in [0.15, 0.2) is 18.2 Å². The fraction of sp³-hybridized carbons (Fsp3) is 0.385. The van der Waals surface area contributed by atoms with Crippen LogP contribution in [0.1, 0.15) is 10.4 Å². The molecule has 1 saturated heterocycles. The molecule has 0 bridgehead atoms. The molecule has 1 fully saturated rings.